The molecule has 0 heterocycles. The fourth-order valence-corrected chi connectivity index (χ4v) is 2.17. The summed E-state index contributed by atoms with van der Waals surface area (Å²) in [4.78, 5) is 14.6. The number of rotatable bonds is 8. The lowest BCUT2D eigenvalue weighted by Gasteiger charge is -2.25. The van der Waals surface area contributed by atoms with Crippen LogP contribution in [0.1, 0.15) is 32.8 Å². The van der Waals surface area contributed by atoms with Crippen LogP contribution in [0.3, 0.4) is 0 Å². The third-order valence-electron chi connectivity index (χ3n) is 3.55. The predicted molar refractivity (Wildman–Crippen MR) is 97.9 cm³/mol. The van der Waals surface area contributed by atoms with Gasteiger partial charge in [0.05, 0.1) is 0 Å². The number of nitrogens with two attached hydrogens (primary N) is 1. The smallest absolute Gasteiger partial charge is 0.244 e. The molecule has 1 rings (SSSR count). The molecular formula is C16H29Cl2N3O. The van der Waals surface area contributed by atoms with Gasteiger partial charge in [0, 0.05) is 13.1 Å². The lowest BCUT2D eigenvalue weighted by atomic mass is 9.92. The molecule has 1 unspecified atom stereocenters. The first kappa shape index (κ1) is 23.5. The van der Waals surface area contributed by atoms with Crippen LogP contribution in [-0.4, -0.2) is 37.0 Å². The number of likely N-dealkylation sites (N-methyl/N-ethyl adjacent to an activating group) is 1. The summed E-state index contributed by atoms with van der Waals surface area (Å²) in [6.07, 6.45) is 1.13. The fourth-order valence-electron chi connectivity index (χ4n) is 2.17. The van der Waals surface area contributed by atoms with Crippen LogP contribution >= 0.6 is 24.8 Å². The second-order valence-corrected chi connectivity index (χ2v) is 5.26. The number of benzene rings is 1. The van der Waals surface area contributed by atoms with Crippen LogP contribution in [0.5, 0.6) is 0 Å². The SMILES string of the molecule is CCCN(CC)CCNC(=O)C(C)(N)c1ccccc1.Cl.Cl. The van der Waals surface area contributed by atoms with Crippen molar-refractivity contribution in [3.8, 4) is 0 Å². The Morgan fingerprint density at radius 2 is 1.77 bits per heavy atom. The molecule has 0 spiro atoms. The molecule has 6 heteroatoms. The van der Waals surface area contributed by atoms with Crippen molar-refractivity contribution in [2.45, 2.75) is 32.7 Å². The maximum Gasteiger partial charge on any atom is 0.244 e. The number of amides is 1. The van der Waals surface area contributed by atoms with Gasteiger partial charge in [-0.05, 0) is 32.0 Å². The van der Waals surface area contributed by atoms with Crippen molar-refractivity contribution in [1.29, 1.82) is 0 Å². The molecule has 1 amide bonds. The zero-order valence-electron chi connectivity index (χ0n) is 13.7. The normalized spacial score (nSPS) is 12.8. The zero-order chi connectivity index (χ0) is 15.0. The van der Waals surface area contributed by atoms with Crippen molar-refractivity contribution < 1.29 is 4.79 Å². The summed E-state index contributed by atoms with van der Waals surface area (Å²) in [7, 11) is 0. The summed E-state index contributed by atoms with van der Waals surface area (Å²) < 4.78 is 0. The van der Waals surface area contributed by atoms with Gasteiger partial charge in [-0.15, -0.1) is 24.8 Å². The highest BCUT2D eigenvalue weighted by atomic mass is 35.5. The monoisotopic (exact) mass is 349 g/mol. The van der Waals surface area contributed by atoms with E-state index in [9.17, 15) is 4.79 Å². The summed E-state index contributed by atoms with van der Waals surface area (Å²) in [5.74, 6) is -0.128. The number of carbonyl (C=O) groups excluding carboxylic acids is 1. The van der Waals surface area contributed by atoms with Gasteiger partial charge in [-0.2, -0.15) is 0 Å². The van der Waals surface area contributed by atoms with Gasteiger partial charge in [0.1, 0.15) is 5.54 Å². The van der Waals surface area contributed by atoms with E-state index in [0.29, 0.717) is 6.54 Å². The minimum atomic E-state index is -0.983. The van der Waals surface area contributed by atoms with Crippen LogP contribution < -0.4 is 11.1 Å². The molecule has 3 N–H and O–H groups in total. The van der Waals surface area contributed by atoms with E-state index in [1.807, 2.05) is 30.3 Å². The third-order valence-corrected chi connectivity index (χ3v) is 3.55. The van der Waals surface area contributed by atoms with Crippen LogP contribution in [-0.2, 0) is 10.3 Å². The number of hydrogen-bond acceptors (Lipinski definition) is 3. The highest BCUT2D eigenvalue weighted by Crippen LogP contribution is 2.17. The molecule has 0 bridgehead atoms. The van der Waals surface area contributed by atoms with Crippen LogP contribution in [0.4, 0.5) is 0 Å². The average Bonchev–Trinajstić information content (AvgIpc) is 2.47. The average molecular weight is 350 g/mol. The van der Waals surface area contributed by atoms with Crippen molar-refractivity contribution in [3.05, 3.63) is 35.9 Å². The molecule has 0 aliphatic rings. The molecule has 1 aromatic carbocycles. The third kappa shape index (κ3) is 6.97. The number of halogens is 2. The first-order chi connectivity index (χ1) is 9.52. The minimum Gasteiger partial charge on any atom is -0.353 e. The van der Waals surface area contributed by atoms with Gasteiger partial charge in [0.2, 0.25) is 5.91 Å². The Labute approximate surface area is 146 Å². The highest BCUT2D eigenvalue weighted by Gasteiger charge is 2.29. The number of nitrogens with one attached hydrogen (secondary N) is 1. The lowest BCUT2D eigenvalue weighted by molar-refractivity contribution is -0.126. The van der Waals surface area contributed by atoms with Crippen molar-refractivity contribution in [1.82, 2.24) is 10.2 Å². The molecule has 0 fully saturated rings. The summed E-state index contributed by atoms with van der Waals surface area (Å²) >= 11 is 0. The van der Waals surface area contributed by atoms with E-state index in [1.165, 1.54) is 0 Å². The number of carbonyl (C=O) groups is 1. The molecule has 0 saturated heterocycles. The minimum absolute atomic E-state index is 0. The second kappa shape index (κ2) is 11.7. The zero-order valence-corrected chi connectivity index (χ0v) is 15.3. The summed E-state index contributed by atoms with van der Waals surface area (Å²) in [6, 6.07) is 9.48. The highest BCUT2D eigenvalue weighted by molar-refractivity contribution is 5.87. The Bertz CT molecular complexity index is 413. The Morgan fingerprint density at radius 1 is 1.18 bits per heavy atom. The maximum atomic E-state index is 12.2. The lowest BCUT2D eigenvalue weighted by Crippen LogP contribution is -2.50. The Balaban J connectivity index is 0. The van der Waals surface area contributed by atoms with E-state index >= 15 is 0 Å². The van der Waals surface area contributed by atoms with Gasteiger partial charge in [-0.25, -0.2) is 0 Å². The van der Waals surface area contributed by atoms with Gasteiger partial charge in [-0.3, -0.25) is 4.79 Å². The second-order valence-electron chi connectivity index (χ2n) is 5.26. The van der Waals surface area contributed by atoms with Crippen LogP contribution in [0, 0.1) is 0 Å². The number of nitrogens with zero attached hydrogens (tertiary/aromatic N) is 1. The molecule has 0 aliphatic carbocycles. The largest absolute Gasteiger partial charge is 0.353 e. The summed E-state index contributed by atoms with van der Waals surface area (Å²) in [5, 5.41) is 2.94. The fraction of sp³-hybridized carbons (Fsp3) is 0.562. The molecule has 0 aromatic heterocycles. The molecule has 0 aliphatic heterocycles. The van der Waals surface area contributed by atoms with Crippen molar-refractivity contribution in [2.75, 3.05) is 26.2 Å². The van der Waals surface area contributed by atoms with Gasteiger partial charge in [-0.1, -0.05) is 44.2 Å². The predicted octanol–water partition coefficient (Wildman–Crippen LogP) is 2.55. The van der Waals surface area contributed by atoms with Gasteiger partial charge < -0.3 is 16.0 Å². The van der Waals surface area contributed by atoms with E-state index in [4.69, 9.17) is 5.73 Å². The summed E-state index contributed by atoms with van der Waals surface area (Å²) in [6.45, 7) is 9.60. The molecule has 0 radical (unpaired) electrons. The van der Waals surface area contributed by atoms with Crippen LogP contribution in [0.2, 0.25) is 0 Å². The van der Waals surface area contributed by atoms with Crippen molar-refractivity contribution in [3.63, 3.8) is 0 Å². The van der Waals surface area contributed by atoms with Gasteiger partial charge in [0.25, 0.3) is 0 Å². The molecule has 1 atom stereocenters. The quantitative estimate of drug-likeness (QED) is 0.758. The molecule has 1 aromatic rings. The summed E-state index contributed by atoms with van der Waals surface area (Å²) in [5.41, 5.74) is 6.01. The van der Waals surface area contributed by atoms with Gasteiger partial charge >= 0.3 is 0 Å². The Morgan fingerprint density at radius 3 is 2.27 bits per heavy atom. The molecule has 128 valence electrons. The van der Waals surface area contributed by atoms with E-state index in [2.05, 4.69) is 24.1 Å². The topological polar surface area (TPSA) is 58.4 Å². The van der Waals surface area contributed by atoms with Crippen LogP contribution in [0.25, 0.3) is 0 Å². The molecule has 0 saturated carbocycles. The van der Waals surface area contributed by atoms with Crippen molar-refractivity contribution >= 4 is 30.7 Å². The van der Waals surface area contributed by atoms with E-state index < -0.39 is 5.54 Å². The standard InChI is InChI=1S/C16H27N3O.2ClH/c1-4-12-19(5-2)13-11-18-15(20)16(3,17)14-9-7-6-8-10-14;;/h6-10H,4-5,11-13,17H2,1-3H3,(H,18,20);2*1H. The van der Waals surface area contributed by atoms with E-state index in [0.717, 1.165) is 31.6 Å². The van der Waals surface area contributed by atoms with E-state index in [1.54, 1.807) is 6.92 Å². The Hall–Kier alpha value is -0.810. The molecule has 4 nitrogen and oxygen atoms in total. The first-order valence-electron chi connectivity index (χ1n) is 7.37. The van der Waals surface area contributed by atoms with E-state index in [-0.39, 0.29) is 30.7 Å². The number of hydrogen-bond donors (Lipinski definition) is 2. The Kier molecular flexibility index (Phi) is 12.5. The molecular weight excluding hydrogens is 321 g/mol. The van der Waals surface area contributed by atoms with Crippen molar-refractivity contribution in [2.24, 2.45) is 5.73 Å². The first-order valence-corrected chi connectivity index (χ1v) is 7.37. The maximum absolute atomic E-state index is 12.2. The molecule has 22 heavy (non-hydrogen) atoms. The van der Waals surface area contributed by atoms with Crippen LogP contribution in [0.15, 0.2) is 30.3 Å². The van der Waals surface area contributed by atoms with Gasteiger partial charge in [0.15, 0.2) is 0 Å².